The van der Waals surface area contributed by atoms with Crippen LogP contribution in [0.4, 0.5) is 14.9 Å². The summed E-state index contributed by atoms with van der Waals surface area (Å²) in [6.07, 6.45) is 0. The van der Waals surface area contributed by atoms with Crippen LogP contribution in [0.3, 0.4) is 0 Å². The molecule has 3 nitrogen and oxygen atoms in total. The van der Waals surface area contributed by atoms with E-state index >= 15 is 0 Å². The molecule has 1 fully saturated rings. The van der Waals surface area contributed by atoms with Crippen molar-refractivity contribution < 1.29 is 9.18 Å². The summed E-state index contributed by atoms with van der Waals surface area (Å²) in [4.78, 5) is 15.6. The Kier molecular flexibility index (Phi) is 3.14. The lowest BCUT2D eigenvalue weighted by Gasteiger charge is -2.23. The summed E-state index contributed by atoms with van der Waals surface area (Å²) in [5.74, 6) is -0.280. The molecule has 0 spiro atoms. The molecule has 2 aromatic rings. The Morgan fingerprint density at radius 2 is 1.65 bits per heavy atom. The number of amides is 2. The van der Waals surface area contributed by atoms with E-state index in [0.717, 1.165) is 11.3 Å². The average Bonchev–Trinajstić information content (AvgIpc) is 2.77. The van der Waals surface area contributed by atoms with Gasteiger partial charge in [0.05, 0.1) is 12.6 Å². The molecule has 1 aliphatic rings. The number of para-hydroxylation sites is 1. The van der Waals surface area contributed by atoms with E-state index in [1.807, 2.05) is 36.9 Å². The lowest BCUT2D eigenvalue weighted by atomic mass is 10.1. The van der Waals surface area contributed by atoms with E-state index in [-0.39, 0.29) is 17.9 Å². The first-order chi connectivity index (χ1) is 9.66. The van der Waals surface area contributed by atoms with E-state index in [2.05, 4.69) is 0 Å². The van der Waals surface area contributed by atoms with Gasteiger partial charge in [-0.15, -0.1) is 0 Å². The smallest absolute Gasteiger partial charge is 0.320 e. The van der Waals surface area contributed by atoms with Gasteiger partial charge in [0.1, 0.15) is 5.82 Å². The first-order valence-corrected chi connectivity index (χ1v) is 6.38. The molecule has 3 rings (SSSR count). The van der Waals surface area contributed by atoms with Crippen molar-refractivity contribution in [2.24, 2.45) is 0 Å². The number of urea groups is 1. The fourth-order valence-corrected chi connectivity index (χ4v) is 2.39. The number of hydrogen-bond donors (Lipinski definition) is 0. The maximum absolute atomic E-state index is 13.0. The number of carbonyl (C=O) groups excluding carboxylic acids is 1. The minimum Gasteiger partial charge on any atom is -0.320 e. The number of hydrogen-bond acceptors (Lipinski definition) is 1. The number of rotatable bonds is 2. The molecule has 1 aliphatic heterocycles. The maximum atomic E-state index is 13.0. The molecule has 2 aromatic carbocycles. The summed E-state index contributed by atoms with van der Waals surface area (Å²) >= 11 is 0. The van der Waals surface area contributed by atoms with E-state index in [4.69, 9.17) is 0 Å². The molecule has 0 aliphatic carbocycles. The highest BCUT2D eigenvalue weighted by molar-refractivity contribution is 5.96. The molecule has 2 amide bonds. The second-order valence-corrected chi connectivity index (χ2v) is 4.74. The van der Waals surface area contributed by atoms with Crippen molar-refractivity contribution >= 4 is 11.7 Å². The van der Waals surface area contributed by atoms with Crippen LogP contribution in [-0.2, 0) is 0 Å². The van der Waals surface area contributed by atoms with Crippen LogP contribution in [0, 0.1) is 12.4 Å². The normalized spacial score (nSPS) is 18.7. The van der Waals surface area contributed by atoms with Gasteiger partial charge < -0.3 is 4.90 Å². The van der Waals surface area contributed by atoms with Gasteiger partial charge in [-0.25, -0.2) is 9.18 Å². The highest BCUT2D eigenvalue weighted by Crippen LogP contribution is 2.36. The zero-order chi connectivity index (χ0) is 14.1. The molecule has 0 saturated carbocycles. The van der Waals surface area contributed by atoms with Crippen molar-refractivity contribution in [3.8, 4) is 0 Å². The van der Waals surface area contributed by atoms with E-state index in [0.29, 0.717) is 0 Å². The van der Waals surface area contributed by atoms with Crippen LogP contribution in [0.25, 0.3) is 0 Å². The SMILES string of the molecule is CN1[CH]C(c2ccc(F)cc2)N(c2ccccc2)C1=O. The van der Waals surface area contributed by atoms with Crippen molar-refractivity contribution in [1.82, 2.24) is 4.90 Å². The third kappa shape index (κ3) is 2.13. The highest BCUT2D eigenvalue weighted by atomic mass is 19.1. The van der Waals surface area contributed by atoms with E-state index in [1.165, 1.54) is 12.1 Å². The molecule has 0 N–H and O–H groups in total. The Labute approximate surface area is 117 Å². The van der Waals surface area contributed by atoms with E-state index in [9.17, 15) is 9.18 Å². The Balaban J connectivity index is 2.00. The molecule has 1 heterocycles. The van der Waals surface area contributed by atoms with Gasteiger partial charge in [-0.05, 0) is 29.8 Å². The second kappa shape index (κ2) is 4.96. The Hall–Kier alpha value is -2.36. The molecule has 4 heteroatoms. The highest BCUT2D eigenvalue weighted by Gasteiger charge is 2.37. The van der Waals surface area contributed by atoms with Crippen molar-refractivity contribution in [2.45, 2.75) is 6.04 Å². The van der Waals surface area contributed by atoms with Gasteiger partial charge in [-0.3, -0.25) is 4.90 Å². The minimum atomic E-state index is -0.280. The third-order valence-electron chi connectivity index (χ3n) is 3.40. The first-order valence-electron chi connectivity index (χ1n) is 6.38. The Morgan fingerprint density at radius 1 is 1.00 bits per heavy atom. The average molecular weight is 269 g/mol. The Bertz CT molecular complexity index is 612. The predicted molar refractivity (Wildman–Crippen MR) is 75.5 cm³/mol. The summed E-state index contributed by atoms with van der Waals surface area (Å²) in [5.41, 5.74) is 1.71. The zero-order valence-electron chi connectivity index (χ0n) is 11.0. The number of anilines is 1. The summed E-state index contributed by atoms with van der Waals surface area (Å²) in [5, 5.41) is 0. The zero-order valence-corrected chi connectivity index (χ0v) is 11.0. The van der Waals surface area contributed by atoms with Crippen molar-refractivity contribution in [2.75, 3.05) is 11.9 Å². The summed E-state index contributed by atoms with van der Waals surface area (Å²) < 4.78 is 13.0. The number of benzene rings is 2. The molecule has 101 valence electrons. The summed E-state index contributed by atoms with van der Waals surface area (Å²) in [6.45, 7) is 1.84. The quantitative estimate of drug-likeness (QED) is 0.817. The van der Waals surface area contributed by atoms with E-state index in [1.54, 1.807) is 29.0 Å². The number of likely N-dealkylation sites (N-methyl/N-ethyl adjacent to an activating group) is 1. The Morgan fingerprint density at radius 3 is 2.30 bits per heavy atom. The molecule has 1 atom stereocenters. The minimum absolute atomic E-state index is 0.0921. The van der Waals surface area contributed by atoms with Crippen LogP contribution in [0.2, 0.25) is 0 Å². The van der Waals surface area contributed by atoms with Gasteiger partial charge in [0.25, 0.3) is 0 Å². The molecule has 1 saturated heterocycles. The topological polar surface area (TPSA) is 23.6 Å². The van der Waals surface area contributed by atoms with E-state index < -0.39 is 0 Å². The number of nitrogens with zero attached hydrogens (tertiary/aromatic N) is 2. The van der Waals surface area contributed by atoms with Crippen LogP contribution in [0.1, 0.15) is 11.6 Å². The van der Waals surface area contributed by atoms with Crippen LogP contribution in [-0.4, -0.2) is 18.0 Å². The van der Waals surface area contributed by atoms with Gasteiger partial charge >= 0.3 is 6.03 Å². The molecule has 1 radical (unpaired) electrons. The van der Waals surface area contributed by atoms with Crippen LogP contribution in [0.5, 0.6) is 0 Å². The van der Waals surface area contributed by atoms with Gasteiger partial charge in [-0.1, -0.05) is 30.3 Å². The molecule has 1 unspecified atom stereocenters. The molecular weight excluding hydrogens is 255 g/mol. The monoisotopic (exact) mass is 269 g/mol. The fraction of sp³-hybridized carbons (Fsp3) is 0.125. The van der Waals surface area contributed by atoms with Gasteiger partial charge in [0.2, 0.25) is 0 Å². The van der Waals surface area contributed by atoms with Crippen LogP contribution < -0.4 is 4.90 Å². The van der Waals surface area contributed by atoms with Crippen LogP contribution >= 0.6 is 0 Å². The lowest BCUT2D eigenvalue weighted by Crippen LogP contribution is -2.30. The molecule has 0 bridgehead atoms. The van der Waals surface area contributed by atoms with Crippen molar-refractivity contribution in [3.63, 3.8) is 0 Å². The van der Waals surface area contributed by atoms with Gasteiger partial charge in [0.15, 0.2) is 0 Å². The maximum Gasteiger partial charge on any atom is 0.325 e. The fourth-order valence-electron chi connectivity index (χ4n) is 2.39. The molecule has 20 heavy (non-hydrogen) atoms. The van der Waals surface area contributed by atoms with Gasteiger partial charge in [0, 0.05) is 12.7 Å². The first kappa shape index (κ1) is 12.7. The van der Waals surface area contributed by atoms with Crippen molar-refractivity contribution in [1.29, 1.82) is 0 Å². The summed E-state index contributed by atoms with van der Waals surface area (Å²) in [7, 11) is 1.72. The molecule has 0 aromatic heterocycles. The largest absolute Gasteiger partial charge is 0.325 e. The summed E-state index contributed by atoms with van der Waals surface area (Å²) in [6, 6.07) is 15.4. The lowest BCUT2D eigenvalue weighted by molar-refractivity contribution is 0.233. The predicted octanol–water partition coefficient (Wildman–Crippen LogP) is 3.60. The number of carbonyl (C=O) groups is 1. The number of halogens is 1. The van der Waals surface area contributed by atoms with Crippen molar-refractivity contribution in [3.05, 3.63) is 72.5 Å². The molecular formula is C16H14FN2O. The third-order valence-corrected chi connectivity index (χ3v) is 3.40. The van der Waals surface area contributed by atoms with Crippen LogP contribution in [0.15, 0.2) is 54.6 Å². The second-order valence-electron chi connectivity index (χ2n) is 4.74. The van der Waals surface area contributed by atoms with Gasteiger partial charge in [-0.2, -0.15) is 0 Å². The standard InChI is InChI=1S/C16H14FN2O/c1-18-11-15(12-7-9-13(17)10-8-12)19(16(18)20)14-5-3-2-4-6-14/h2-11,15H,1H3.